The molecule has 24 heavy (non-hydrogen) atoms. The van der Waals surface area contributed by atoms with Crippen LogP contribution in [0, 0.1) is 0 Å². The third-order valence-corrected chi connectivity index (χ3v) is 5.95. The minimum Gasteiger partial charge on any atom is -0.467 e. The van der Waals surface area contributed by atoms with Crippen LogP contribution in [0.5, 0.6) is 0 Å². The third kappa shape index (κ3) is 3.08. The zero-order valence-electron chi connectivity index (χ0n) is 12.7. The first kappa shape index (κ1) is 17.4. The lowest BCUT2D eigenvalue weighted by atomic mass is 10.1. The molecule has 0 spiro atoms. The molecule has 2 heterocycles. The number of amides is 2. The number of hydrogen-bond donors (Lipinski definition) is 0. The lowest BCUT2D eigenvalue weighted by Gasteiger charge is -2.37. The highest BCUT2D eigenvalue weighted by Gasteiger charge is 2.50. The van der Waals surface area contributed by atoms with E-state index < -0.39 is 17.4 Å². The summed E-state index contributed by atoms with van der Waals surface area (Å²) in [6.45, 7) is 0.184. The van der Waals surface area contributed by atoms with Crippen molar-refractivity contribution in [1.82, 2.24) is 9.80 Å². The van der Waals surface area contributed by atoms with E-state index in [-0.39, 0.29) is 24.9 Å². The second-order valence-electron chi connectivity index (χ2n) is 5.47. The smallest absolute Gasteiger partial charge is 0.339 e. The van der Waals surface area contributed by atoms with Gasteiger partial charge in [-0.05, 0) is 17.7 Å². The molecule has 2 amide bonds. The van der Waals surface area contributed by atoms with Gasteiger partial charge in [0.25, 0.3) is 0 Å². The molecule has 1 aromatic rings. The van der Waals surface area contributed by atoms with Crippen molar-refractivity contribution in [3.8, 4) is 0 Å². The molecule has 2 saturated heterocycles. The lowest BCUT2D eigenvalue weighted by Crippen LogP contribution is -2.60. The summed E-state index contributed by atoms with van der Waals surface area (Å²) in [7, 11) is 1.27. The maximum absolute atomic E-state index is 12.7. The number of carbonyl (C=O) groups is 3. The van der Waals surface area contributed by atoms with Gasteiger partial charge in [-0.1, -0.05) is 29.3 Å². The van der Waals surface area contributed by atoms with Crippen molar-refractivity contribution < 1.29 is 19.1 Å². The molecule has 3 rings (SSSR count). The van der Waals surface area contributed by atoms with Crippen LogP contribution in [0.4, 0.5) is 0 Å². The quantitative estimate of drug-likeness (QED) is 0.738. The average molecular weight is 389 g/mol. The number of rotatable bonds is 3. The van der Waals surface area contributed by atoms with E-state index in [1.165, 1.54) is 28.7 Å². The Kier molecular flexibility index (Phi) is 4.94. The van der Waals surface area contributed by atoms with Crippen LogP contribution in [-0.4, -0.2) is 58.4 Å². The van der Waals surface area contributed by atoms with Crippen LogP contribution in [0.15, 0.2) is 18.2 Å². The Morgan fingerprint density at radius 1 is 1.33 bits per heavy atom. The van der Waals surface area contributed by atoms with Crippen molar-refractivity contribution in [3.05, 3.63) is 33.8 Å². The molecular formula is C15H14Cl2N2O4S. The number of esters is 1. The van der Waals surface area contributed by atoms with Crippen LogP contribution in [0.1, 0.15) is 5.56 Å². The summed E-state index contributed by atoms with van der Waals surface area (Å²) >= 11 is 13.1. The molecule has 128 valence electrons. The van der Waals surface area contributed by atoms with Crippen molar-refractivity contribution in [3.63, 3.8) is 0 Å². The Bertz CT molecular complexity index is 715. The Balaban J connectivity index is 1.77. The zero-order chi connectivity index (χ0) is 17.4. The Morgan fingerprint density at radius 3 is 2.75 bits per heavy atom. The van der Waals surface area contributed by atoms with E-state index >= 15 is 0 Å². The SMILES string of the molecule is COC(=O)[C@H]1SC[C@H]2C(=O)N(Cc3ccc(Cl)c(Cl)c3)CC(=O)N12. The van der Waals surface area contributed by atoms with E-state index in [0.717, 1.165) is 5.56 Å². The summed E-state index contributed by atoms with van der Waals surface area (Å²) in [4.78, 5) is 39.7. The van der Waals surface area contributed by atoms with Gasteiger partial charge in [-0.15, -0.1) is 11.8 Å². The molecule has 2 fully saturated rings. The van der Waals surface area contributed by atoms with Crippen LogP contribution >= 0.6 is 35.0 Å². The Hall–Kier alpha value is -1.44. The fourth-order valence-corrected chi connectivity index (χ4v) is 4.46. The highest BCUT2D eigenvalue weighted by molar-refractivity contribution is 8.00. The van der Waals surface area contributed by atoms with E-state index in [2.05, 4.69) is 0 Å². The first-order chi connectivity index (χ1) is 11.4. The molecule has 0 aromatic heterocycles. The molecular weight excluding hydrogens is 375 g/mol. The minimum absolute atomic E-state index is 0.0797. The number of benzene rings is 1. The molecule has 6 nitrogen and oxygen atoms in total. The summed E-state index contributed by atoms with van der Waals surface area (Å²) in [5.74, 6) is -0.580. The molecule has 2 atom stereocenters. The molecule has 1 aromatic carbocycles. The predicted octanol–water partition coefficient (Wildman–Crippen LogP) is 1.78. The van der Waals surface area contributed by atoms with Gasteiger partial charge in [0.15, 0.2) is 5.37 Å². The summed E-state index contributed by atoms with van der Waals surface area (Å²) in [6, 6.07) is 4.46. The van der Waals surface area contributed by atoms with Gasteiger partial charge in [0, 0.05) is 12.3 Å². The Labute approximate surface area is 153 Å². The fraction of sp³-hybridized carbons (Fsp3) is 0.400. The van der Waals surface area contributed by atoms with Crippen molar-refractivity contribution in [2.45, 2.75) is 18.0 Å². The van der Waals surface area contributed by atoms with E-state index in [1.807, 2.05) is 0 Å². The molecule has 2 aliphatic heterocycles. The topological polar surface area (TPSA) is 66.9 Å². The van der Waals surface area contributed by atoms with Crippen molar-refractivity contribution in [2.75, 3.05) is 19.4 Å². The van der Waals surface area contributed by atoms with Crippen molar-refractivity contribution in [2.24, 2.45) is 0 Å². The van der Waals surface area contributed by atoms with E-state index in [0.29, 0.717) is 15.8 Å². The van der Waals surface area contributed by atoms with Crippen LogP contribution in [0.3, 0.4) is 0 Å². The fourth-order valence-electron chi connectivity index (χ4n) is 2.81. The number of carbonyl (C=O) groups excluding carboxylic acids is 3. The number of methoxy groups -OCH3 is 1. The van der Waals surface area contributed by atoms with Crippen LogP contribution in [0.2, 0.25) is 10.0 Å². The second kappa shape index (κ2) is 6.82. The second-order valence-corrected chi connectivity index (χ2v) is 7.40. The molecule has 0 unspecified atom stereocenters. The van der Waals surface area contributed by atoms with E-state index in [9.17, 15) is 14.4 Å². The first-order valence-electron chi connectivity index (χ1n) is 7.15. The summed E-state index contributed by atoms with van der Waals surface area (Å²) in [5.41, 5.74) is 0.786. The number of fused-ring (bicyclic) bond motifs is 1. The van der Waals surface area contributed by atoms with Gasteiger partial charge in [-0.2, -0.15) is 0 Å². The van der Waals surface area contributed by atoms with Gasteiger partial charge in [0.2, 0.25) is 11.8 Å². The largest absolute Gasteiger partial charge is 0.467 e. The third-order valence-electron chi connectivity index (χ3n) is 3.97. The normalized spacial score (nSPS) is 23.5. The lowest BCUT2D eigenvalue weighted by molar-refractivity contribution is -0.160. The Morgan fingerprint density at radius 2 is 2.08 bits per heavy atom. The number of ether oxygens (including phenoxy) is 1. The highest BCUT2D eigenvalue weighted by Crippen LogP contribution is 2.34. The van der Waals surface area contributed by atoms with Gasteiger partial charge in [-0.25, -0.2) is 4.79 Å². The average Bonchev–Trinajstić information content (AvgIpc) is 3.01. The molecule has 0 aliphatic carbocycles. The maximum atomic E-state index is 12.7. The predicted molar refractivity (Wildman–Crippen MR) is 90.8 cm³/mol. The zero-order valence-corrected chi connectivity index (χ0v) is 15.0. The maximum Gasteiger partial charge on any atom is 0.339 e. The monoisotopic (exact) mass is 388 g/mol. The molecule has 9 heteroatoms. The van der Waals surface area contributed by atoms with Gasteiger partial charge < -0.3 is 14.5 Å². The van der Waals surface area contributed by atoms with Crippen LogP contribution < -0.4 is 0 Å². The highest BCUT2D eigenvalue weighted by atomic mass is 35.5. The van der Waals surface area contributed by atoms with Crippen molar-refractivity contribution in [1.29, 1.82) is 0 Å². The number of hydrogen-bond acceptors (Lipinski definition) is 5. The number of piperazine rings is 1. The summed E-state index contributed by atoms with van der Waals surface area (Å²) < 4.78 is 4.71. The van der Waals surface area contributed by atoms with Gasteiger partial charge in [0.1, 0.15) is 12.6 Å². The molecule has 2 aliphatic rings. The van der Waals surface area contributed by atoms with E-state index in [4.69, 9.17) is 27.9 Å². The number of thioether (sulfide) groups is 1. The van der Waals surface area contributed by atoms with Gasteiger partial charge >= 0.3 is 5.97 Å². The molecule has 0 N–H and O–H groups in total. The standard InChI is InChI=1S/C15H14Cl2N2O4S/c1-23-15(22)14-19-11(7-24-14)13(21)18(6-12(19)20)5-8-2-3-9(16)10(17)4-8/h2-4,11,14H,5-7H2,1H3/t11-,14+/m0/s1. The first-order valence-corrected chi connectivity index (χ1v) is 8.96. The number of nitrogens with zero attached hydrogens (tertiary/aromatic N) is 2. The molecule has 0 bridgehead atoms. The van der Waals surface area contributed by atoms with E-state index in [1.54, 1.807) is 18.2 Å². The van der Waals surface area contributed by atoms with Crippen molar-refractivity contribution >= 4 is 52.7 Å². The molecule has 0 saturated carbocycles. The van der Waals surface area contributed by atoms with Crippen LogP contribution in [-0.2, 0) is 25.7 Å². The van der Waals surface area contributed by atoms with Gasteiger partial charge in [0.05, 0.1) is 17.2 Å². The van der Waals surface area contributed by atoms with Gasteiger partial charge in [-0.3, -0.25) is 9.59 Å². The minimum atomic E-state index is -0.747. The number of halogens is 2. The summed E-state index contributed by atoms with van der Waals surface area (Å²) in [5, 5.41) is 0.0816. The summed E-state index contributed by atoms with van der Waals surface area (Å²) in [6.07, 6.45) is 0. The van der Waals surface area contributed by atoms with Crippen LogP contribution in [0.25, 0.3) is 0 Å². The molecule has 0 radical (unpaired) electrons.